The third kappa shape index (κ3) is 10.5. The highest BCUT2D eigenvalue weighted by molar-refractivity contribution is 7.55. The zero-order valence-electron chi connectivity index (χ0n) is 29.7. The molecule has 1 unspecified atom stereocenters. The van der Waals surface area contributed by atoms with E-state index in [0.29, 0.717) is 42.7 Å². The first kappa shape index (κ1) is 37.9. The van der Waals surface area contributed by atoms with Gasteiger partial charge in [0.2, 0.25) is 11.8 Å². The molecule has 2 aromatic carbocycles. The zero-order valence-corrected chi connectivity index (χ0v) is 30.6. The van der Waals surface area contributed by atoms with Gasteiger partial charge in [-0.3, -0.25) is 9.59 Å². The SMILES string of the molecule is CCC(NC(=O)[C@@H]1CCCN1C(=O)[C@@H](NC(=O)OC(C)(C)C)C(C)C)P(=O)(Oc1ccc(C(C)C)cc1)Oc1ccc(C(C)C)cc1. The van der Waals surface area contributed by atoms with Crippen LogP contribution in [0.15, 0.2) is 48.5 Å². The molecular weight excluding hydrogens is 617 g/mol. The van der Waals surface area contributed by atoms with Crippen molar-refractivity contribution in [2.75, 3.05) is 6.54 Å². The average Bonchev–Trinajstić information content (AvgIpc) is 3.48. The third-order valence-corrected chi connectivity index (χ3v) is 10.3. The second-order valence-electron chi connectivity index (χ2n) is 14.2. The Morgan fingerprint density at radius 1 is 0.851 bits per heavy atom. The smallest absolute Gasteiger partial charge is 0.444 e. The fraction of sp³-hybridized carbons (Fsp3) is 0.583. The summed E-state index contributed by atoms with van der Waals surface area (Å²) in [4.78, 5) is 41.7. The second-order valence-corrected chi connectivity index (χ2v) is 16.2. The standard InChI is InChI=1S/C36H54N3O7P/c1-11-31(37-33(40)30-13-12-22-39(30)34(41)32(25(6)7)38-35(42)44-36(8,9)10)47(43,45-28-18-14-26(15-19-28)23(2)3)46-29-20-16-27(17-21-29)24(4)5/h14-21,23-25,30-32H,11-13,22H2,1-10H3,(H,37,40)(H,38,42)/t30-,31?,32-/m0/s1. The van der Waals surface area contributed by atoms with Gasteiger partial charge in [-0.15, -0.1) is 0 Å². The highest BCUT2D eigenvalue weighted by atomic mass is 31.2. The lowest BCUT2D eigenvalue weighted by Crippen LogP contribution is -2.56. The number of nitrogens with zero attached hydrogens (tertiary/aromatic N) is 1. The summed E-state index contributed by atoms with van der Waals surface area (Å²) in [6.45, 7) is 19.4. The summed E-state index contributed by atoms with van der Waals surface area (Å²) in [5, 5.41) is 5.61. The predicted molar refractivity (Wildman–Crippen MR) is 185 cm³/mol. The number of alkyl carbamates (subject to hydrolysis) is 1. The van der Waals surface area contributed by atoms with Crippen LogP contribution in [0.5, 0.6) is 11.5 Å². The van der Waals surface area contributed by atoms with Crippen LogP contribution in [-0.2, 0) is 18.9 Å². The molecule has 1 aliphatic rings. The number of carbonyl (C=O) groups is 3. The number of benzene rings is 2. The molecule has 3 rings (SSSR count). The number of carbonyl (C=O) groups excluding carboxylic acids is 3. The Labute approximate surface area is 280 Å². The Kier molecular flexibility index (Phi) is 13.0. The van der Waals surface area contributed by atoms with Gasteiger partial charge in [0.05, 0.1) is 0 Å². The van der Waals surface area contributed by atoms with Gasteiger partial charge in [-0.2, -0.15) is 0 Å². The number of amides is 3. The number of likely N-dealkylation sites (tertiary alicyclic amines) is 1. The second kappa shape index (κ2) is 16.1. The molecule has 3 amide bonds. The predicted octanol–water partition coefficient (Wildman–Crippen LogP) is 7.98. The highest BCUT2D eigenvalue weighted by Crippen LogP contribution is 2.53. The Hall–Kier alpha value is -3.52. The van der Waals surface area contributed by atoms with Gasteiger partial charge in [-0.1, -0.05) is 72.7 Å². The molecule has 3 atom stereocenters. The van der Waals surface area contributed by atoms with Crippen LogP contribution >= 0.6 is 7.60 Å². The average molecular weight is 672 g/mol. The summed E-state index contributed by atoms with van der Waals surface area (Å²) in [7, 11) is -4.07. The lowest BCUT2D eigenvalue weighted by molar-refractivity contribution is -0.141. The lowest BCUT2D eigenvalue weighted by atomic mass is 10.0. The van der Waals surface area contributed by atoms with E-state index in [0.717, 1.165) is 11.1 Å². The van der Waals surface area contributed by atoms with E-state index in [1.807, 2.05) is 38.1 Å². The Morgan fingerprint density at radius 3 is 1.74 bits per heavy atom. The minimum absolute atomic E-state index is 0.243. The van der Waals surface area contributed by atoms with Gasteiger partial charge >= 0.3 is 13.7 Å². The number of ether oxygens (including phenoxy) is 1. The lowest BCUT2D eigenvalue weighted by Gasteiger charge is -2.32. The van der Waals surface area contributed by atoms with E-state index >= 15 is 0 Å². The van der Waals surface area contributed by atoms with Gasteiger partial charge in [0.15, 0.2) is 5.78 Å². The molecule has 2 N–H and O–H groups in total. The molecule has 260 valence electrons. The van der Waals surface area contributed by atoms with Crippen molar-refractivity contribution in [3.8, 4) is 11.5 Å². The molecule has 1 saturated heterocycles. The summed E-state index contributed by atoms with van der Waals surface area (Å²) in [6.07, 6.45) is 0.568. The van der Waals surface area contributed by atoms with Gasteiger partial charge < -0.3 is 29.3 Å². The molecule has 0 aliphatic carbocycles. The van der Waals surface area contributed by atoms with Gasteiger partial charge in [-0.05, 0) is 93.2 Å². The summed E-state index contributed by atoms with van der Waals surface area (Å²) < 4.78 is 32.4. The van der Waals surface area contributed by atoms with Crippen molar-refractivity contribution >= 4 is 25.5 Å². The molecule has 0 radical (unpaired) electrons. The number of hydrogen-bond donors (Lipinski definition) is 2. The fourth-order valence-electron chi connectivity index (χ4n) is 5.36. The monoisotopic (exact) mass is 671 g/mol. The highest BCUT2D eigenvalue weighted by Gasteiger charge is 2.44. The number of rotatable bonds is 13. The largest absolute Gasteiger partial charge is 0.452 e. The maximum absolute atomic E-state index is 14.7. The first-order valence-corrected chi connectivity index (χ1v) is 18.3. The van der Waals surface area contributed by atoms with Gasteiger partial charge in [0, 0.05) is 6.54 Å². The van der Waals surface area contributed by atoms with Gasteiger partial charge in [0.1, 0.15) is 29.2 Å². The van der Waals surface area contributed by atoms with Crippen LogP contribution < -0.4 is 19.7 Å². The quantitative estimate of drug-likeness (QED) is 0.207. The topological polar surface area (TPSA) is 123 Å². The summed E-state index contributed by atoms with van der Waals surface area (Å²) >= 11 is 0. The van der Waals surface area contributed by atoms with Crippen LogP contribution in [0, 0.1) is 5.92 Å². The third-order valence-electron chi connectivity index (χ3n) is 8.08. The summed E-state index contributed by atoms with van der Waals surface area (Å²) in [5.41, 5.74) is 1.47. The van der Waals surface area contributed by atoms with Crippen molar-refractivity contribution in [1.29, 1.82) is 0 Å². The first-order valence-electron chi connectivity index (χ1n) is 16.7. The molecule has 11 heteroatoms. The molecule has 0 bridgehead atoms. The van der Waals surface area contributed by atoms with E-state index < -0.39 is 43.1 Å². The van der Waals surface area contributed by atoms with E-state index in [4.69, 9.17) is 13.8 Å². The minimum Gasteiger partial charge on any atom is -0.444 e. The molecule has 2 aromatic rings. The van der Waals surface area contributed by atoms with Crippen molar-refractivity contribution in [1.82, 2.24) is 15.5 Å². The van der Waals surface area contributed by atoms with Crippen LogP contribution in [0.3, 0.4) is 0 Å². The number of hydrogen-bond acceptors (Lipinski definition) is 7. The van der Waals surface area contributed by atoms with Crippen molar-refractivity contribution in [2.45, 2.75) is 124 Å². The van der Waals surface area contributed by atoms with Crippen LogP contribution in [-0.4, -0.2) is 52.8 Å². The fourth-order valence-corrected chi connectivity index (χ4v) is 7.22. The van der Waals surface area contributed by atoms with E-state index in [-0.39, 0.29) is 18.2 Å². The molecule has 1 aliphatic heterocycles. The van der Waals surface area contributed by atoms with Crippen molar-refractivity contribution in [2.24, 2.45) is 5.92 Å². The minimum atomic E-state index is -4.07. The van der Waals surface area contributed by atoms with Gasteiger partial charge in [-0.25, -0.2) is 9.36 Å². The van der Waals surface area contributed by atoms with Crippen LogP contribution in [0.25, 0.3) is 0 Å². The Bertz CT molecular complexity index is 1340. The molecule has 1 fully saturated rings. The van der Waals surface area contributed by atoms with E-state index in [2.05, 4.69) is 38.3 Å². The normalized spacial score (nSPS) is 16.6. The zero-order chi connectivity index (χ0) is 35.1. The maximum atomic E-state index is 14.7. The van der Waals surface area contributed by atoms with Crippen molar-refractivity contribution in [3.63, 3.8) is 0 Å². The molecular formula is C36H54N3O7P. The van der Waals surface area contributed by atoms with E-state index in [9.17, 15) is 18.9 Å². The molecule has 10 nitrogen and oxygen atoms in total. The van der Waals surface area contributed by atoms with Crippen molar-refractivity contribution < 1.29 is 32.7 Å². The van der Waals surface area contributed by atoms with E-state index in [1.54, 1.807) is 52.0 Å². The molecule has 1 heterocycles. The summed E-state index contributed by atoms with van der Waals surface area (Å²) in [5.74, 6) is -0.772. The molecule has 0 spiro atoms. The number of nitrogens with one attached hydrogen (secondary N) is 2. The Morgan fingerprint density at radius 2 is 1.34 bits per heavy atom. The van der Waals surface area contributed by atoms with Crippen molar-refractivity contribution in [3.05, 3.63) is 59.7 Å². The summed E-state index contributed by atoms with van der Waals surface area (Å²) in [6, 6.07) is 13.0. The van der Waals surface area contributed by atoms with Crippen LogP contribution in [0.1, 0.15) is 111 Å². The first-order chi connectivity index (χ1) is 21.9. The molecule has 0 saturated carbocycles. The van der Waals surface area contributed by atoms with Crippen LogP contribution in [0.4, 0.5) is 4.79 Å². The Balaban J connectivity index is 1.87. The van der Waals surface area contributed by atoms with Gasteiger partial charge in [0.25, 0.3) is 0 Å². The molecule has 47 heavy (non-hydrogen) atoms. The van der Waals surface area contributed by atoms with Crippen LogP contribution in [0.2, 0.25) is 0 Å². The van der Waals surface area contributed by atoms with E-state index in [1.165, 1.54) is 4.90 Å². The maximum Gasteiger partial charge on any atom is 0.452 e. The molecule has 0 aromatic heterocycles.